The van der Waals surface area contributed by atoms with E-state index in [1.54, 1.807) is 42.5 Å². The fourth-order valence-corrected chi connectivity index (χ4v) is 4.18. The molecule has 3 rings (SSSR count). The van der Waals surface area contributed by atoms with Crippen molar-refractivity contribution in [2.24, 2.45) is 0 Å². The first-order chi connectivity index (χ1) is 17.3. The van der Waals surface area contributed by atoms with Crippen molar-refractivity contribution >= 4 is 35.1 Å². The first kappa shape index (κ1) is 27.1. The zero-order chi connectivity index (χ0) is 26.2. The molecule has 0 radical (unpaired) electrons. The van der Waals surface area contributed by atoms with Crippen molar-refractivity contribution in [2.45, 2.75) is 12.5 Å². The number of aliphatic hydroxyl groups is 1. The maximum atomic E-state index is 12.7. The third kappa shape index (κ3) is 6.40. The van der Waals surface area contributed by atoms with Crippen molar-refractivity contribution in [1.29, 1.82) is 0 Å². The Morgan fingerprint density at radius 2 is 1.56 bits per heavy atom. The van der Waals surface area contributed by atoms with Crippen LogP contribution in [0.2, 0.25) is 10.0 Å². The molecule has 1 atom stereocenters. The van der Waals surface area contributed by atoms with Crippen LogP contribution >= 0.6 is 23.2 Å². The van der Waals surface area contributed by atoms with Crippen molar-refractivity contribution in [3.05, 3.63) is 75.8 Å². The predicted octanol–water partition coefficient (Wildman–Crippen LogP) is 4.47. The number of carboxylic acid groups (broad SMARTS) is 1. The van der Waals surface area contributed by atoms with E-state index in [-0.39, 0.29) is 35.2 Å². The van der Waals surface area contributed by atoms with Crippen LogP contribution in [-0.4, -0.2) is 55.6 Å². The number of hydrogen-bond acceptors (Lipinski definition) is 6. The number of nitrogens with one attached hydrogen (secondary N) is 1. The number of carbonyl (C=O) groups is 2. The highest BCUT2D eigenvalue weighted by molar-refractivity contribution is 6.39. The summed E-state index contributed by atoms with van der Waals surface area (Å²) in [6, 6.07) is 13.9. The lowest BCUT2D eigenvalue weighted by Crippen LogP contribution is -2.42. The third-order valence-electron chi connectivity index (χ3n) is 5.32. The molecule has 0 aliphatic carbocycles. The molecule has 3 aromatic carbocycles. The average Bonchev–Trinajstić information content (AvgIpc) is 2.86. The molecule has 0 aliphatic rings. The van der Waals surface area contributed by atoms with Gasteiger partial charge in [0.25, 0.3) is 5.91 Å². The molecule has 0 aromatic heterocycles. The van der Waals surface area contributed by atoms with Gasteiger partial charge in [-0.3, -0.25) is 4.79 Å². The minimum absolute atomic E-state index is 0.0213. The maximum Gasteiger partial charge on any atom is 0.326 e. The number of amides is 1. The zero-order valence-corrected chi connectivity index (χ0v) is 21.1. The van der Waals surface area contributed by atoms with E-state index in [4.69, 9.17) is 42.5 Å². The molecule has 8 nitrogen and oxygen atoms in total. The minimum atomic E-state index is -1.21. The summed E-state index contributed by atoms with van der Waals surface area (Å²) in [6.07, 6.45) is 0.0334. The van der Waals surface area contributed by atoms with Crippen LogP contribution in [0.5, 0.6) is 17.2 Å². The van der Waals surface area contributed by atoms with Crippen LogP contribution in [0.25, 0.3) is 11.1 Å². The van der Waals surface area contributed by atoms with Crippen LogP contribution < -0.4 is 19.5 Å². The molecule has 0 aliphatic heterocycles. The Balaban J connectivity index is 1.83. The third-order valence-corrected chi connectivity index (χ3v) is 5.94. The first-order valence-corrected chi connectivity index (χ1v) is 11.6. The van der Waals surface area contributed by atoms with Crippen LogP contribution in [0, 0.1) is 0 Å². The van der Waals surface area contributed by atoms with E-state index >= 15 is 0 Å². The summed E-state index contributed by atoms with van der Waals surface area (Å²) in [7, 11) is 3.04. The number of halogens is 2. The SMILES string of the molecule is COc1cc(OCCO)cc(OC)c1-c1ccc(C[C@H](NC(=O)c2c(Cl)cccc2Cl)C(=O)O)cc1. The lowest BCUT2D eigenvalue weighted by Gasteiger charge is -2.17. The fraction of sp³-hybridized carbons (Fsp3) is 0.231. The lowest BCUT2D eigenvalue weighted by molar-refractivity contribution is -0.139. The minimum Gasteiger partial charge on any atom is -0.496 e. The summed E-state index contributed by atoms with van der Waals surface area (Å²) < 4.78 is 16.5. The van der Waals surface area contributed by atoms with E-state index in [0.29, 0.717) is 28.4 Å². The quantitative estimate of drug-likeness (QED) is 0.333. The zero-order valence-electron chi connectivity index (χ0n) is 19.6. The van der Waals surface area contributed by atoms with Gasteiger partial charge in [-0.05, 0) is 23.3 Å². The molecular formula is C26H25Cl2NO7. The second-order valence-corrected chi connectivity index (χ2v) is 8.45. The number of benzene rings is 3. The van der Waals surface area contributed by atoms with Crippen LogP contribution in [0.15, 0.2) is 54.6 Å². The van der Waals surface area contributed by atoms with Gasteiger partial charge in [0, 0.05) is 18.6 Å². The van der Waals surface area contributed by atoms with E-state index in [1.807, 2.05) is 0 Å². The number of aliphatic carboxylic acids is 1. The van der Waals surface area contributed by atoms with Gasteiger partial charge in [0.1, 0.15) is 29.9 Å². The van der Waals surface area contributed by atoms with Gasteiger partial charge >= 0.3 is 5.97 Å². The molecule has 0 fully saturated rings. The largest absolute Gasteiger partial charge is 0.496 e. The van der Waals surface area contributed by atoms with Crippen LogP contribution in [0.4, 0.5) is 0 Å². The summed E-state index contributed by atoms with van der Waals surface area (Å²) in [5, 5.41) is 21.4. The Morgan fingerprint density at radius 1 is 0.972 bits per heavy atom. The summed E-state index contributed by atoms with van der Waals surface area (Å²) in [5.41, 5.74) is 2.14. The Kier molecular flexibility index (Phi) is 9.41. The number of ether oxygens (including phenoxy) is 3. The molecule has 0 saturated heterocycles. The van der Waals surface area contributed by atoms with Crippen molar-refractivity contribution in [2.75, 3.05) is 27.4 Å². The van der Waals surface area contributed by atoms with Gasteiger partial charge in [-0.15, -0.1) is 0 Å². The van der Waals surface area contributed by atoms with Crippen molar-refractivity contribution in [3.63, 3.8) is 0 Å². The van der Waals surface area contributed by atoms with Crippen molar-refractivity contribution < 1.29 is 34.0 Å². The molecule has 10 heteroatoms. The number of methoxy groups -OCH3 is 2. The first-order valence-electron chi connectivity index (χ1n) is 10.9. The van der Waals surface area contributed by atoms with Gasteiger partial charge < -0.3 is 29.7 Å². The fourth-order valence-electron chi connectivity index (χ4n) is 3.61. The second-order valence-electron chi connectivity index (χ2n) is 7.64. The standard InChI is InChI=1S/C26H25Cl2NO7/c1-34-21-13-17(36-11-10-30)14-22(35-2)23(21)16-8-6-15(7-9-16)12-20(26(32)33)29-25(31)24-18(27)4-3-5-19(24)28/h3-9,13-14,20,30H,10-12H2,1-2H3,(H,29,31)(H,32,33)/t20-/m0/s1. The number of hydrogen-bond donors (Lipinski definition) is 3. The van der Waals surface area contributed by atoms with Crippen LogP contribution in [-0.2, 0) is 11.2 Å². The Hall–Kier alpha value is -3.46. The summed E-state index contributed by atoms with van der Waals surface area (Å²) >= 11 is 12.2. The highest BCUT2D eigenvalue weighted by Gasteiger charge is 2.24. The molecule has 3 N–H and O–H groups in total. The van der Waals surface area contributed by atoms with Crippen LogP contribution in [0.1, 0.15) is 15.9 Å². The van der Waals surface area contributed by atoms with Gasteiger partial charge in [-0.25, -0.2) is 4.79 Å². The van der Waals surface area contributed by atoms with Gasteiger partial charge in [0.15, 0.2) is 0 Å². The Bertz CT molecular complexity index is 1190. The van der Waals surface area contributed by atoms with Gasteiger partial charge in [0.05, 0.1) is 42.0 Å². The number of carboxylic acids is 1. The normalized spacial score (nSPS) is 11.5. The molecule has 3 aromatic rings. The Labute approximate surface area is 218 Å². The molecule has 0 bridgehead atoms. The van der Waals surface area contributed by atoms with Crippen molar-refractivity contribution in [3.8, 4) is 28.4 Å². The van der Waals surface area contributed by atoms with E-state index < -0.39 is 17.9 Å². The molecule has 0 saturated carbocycles. The summed E-state index contributed by atoms with van der Waals surface area (Å²) in [6.45, 7) is 0.00137. The van der Waals surface area contributed by atoms with Crippen molar-refractivity contribution in [1.82, 2.24) is 5.32 Å². The van der Waals surface area contributed by atoms with E-state index in [0.717, 1.165) is 5.56 Å². The van der Waals surface area contributed by atoms with E-state index in [1.165, 1.54) is 26.4 Å². The lowest BCUT2D eigenvalue weighted by atomic mass is 9.99. The Morgan fingerprint density at radius 3 is 2.06 bits per heavy atom. The monoisotopic (exact) mass is 533 g/mol. The molecule has 0 spiro atoms. The number of rotatable bonds is 11. The van der Waals surface area contributed by atoms with Gasteiger partial charge in [-0.1, -0.05) is 53.5 Å². The average molecular weight is 534 g/mol. The summed E-state index contributed by atoms with van der Waals surface area (Å²) in [5.74, 6) is -0.383. The van der Waals surface area contributed by atoms with Gasteiger partial charge in [-0.2, -0.15) is 0 Å². The molecule has 190 valence electrons. The molecule has 0 unspecified atom stereocenters. The second kappa shape index (κ2) is 12.5. The number of carbonyl (C=O) groups excluding carboxylic acids is 1. The highest BCUT2D eigenvalue weighted by atomic mass is 35.5. The number of aliphatic hydroxyl groups excluding tert-OH is 1. The van der Waals surface area contributed by atoms with Crippen LogP contribution in [0.3, 0.4) is 0 Å². The molecular weight excluding hydrogens is 509 g/mol. The van der Waals surface area contributed by atoms with E-state index in [2.05, 4.69) is 5.32 Å². The molecule has 36 heavy (non-hydrogen) atoms. The topological polar surface area (TPSA) is 114 Å². The highest BCUT2D eigenvalue weighted by Crippen LogP contribution is 2.42. The smallest absolute Gasteiger partial charge is 0.326 e. The molecule has 0 heterocycles. The summed E-state index contributed by atoms with van der Waals surface area (Å²) in [4.78, 5) is 24.5. The predicted molar refractivity (Wildman–Crippen MR) is 137 cm³/mol. The molecule has 1 amide bonds. The van der Waals surface area contributed by atoms with Gasteiger partial charge in [0.2, 0.25) is 0 Å². The van der Waals surface area contributed by atoms with E-state index in [9.17, 15) is 14.7 Å². The maximum absolute atomic E-state index is 12.7.